The average molecular weight is 309 g/mol. The van der Waals surface area contributed by atoms with Gasteiger partial charge in [0.25, 0.3) is 0 Å². The Labute approximate surface area is 131 Å². The Hall–Kier alpha value is -0.650. The number of fused-ring (bicyclic) bond motifs is 1. The molecule has 2 heterocycles. The standard InChI is InChI=1S/C16H27N3OS/c1-4-9-17-12-6-5-7-14-15(12)18-16(21-14)19(3)13-8-10-20-11(13)2/h11-13,17H,4-10H2,1-3H3. The summed E-state index contributed by atoms with van der Waals surface area (Å²) in [5.74, 6) is 0. The van der Waals surface area contributed by atoms with Crippen LogP contribution in [0.25, 0.3) is 0 Å². The maximum absolute atomic E-state index is 5.71. The summed E-state index contributed by atoms with van der Waals surface area (Å²) in [5.41, 5.74) is 1.31. The Morgan fingerprint density at radius 2 is 2.29 bits per heavy atom. The van der Waals surface area contributed by atoms with Crippen LogP contribution in [0.15, 0.2) is 0 Å². The Morgan fingerprint density at radius 1 is 1.43 bits per heavy atom. The number of anilines is 1. The third kappa shape index (κ3) is 3.10. The highest BCUT2D eigenvalue weighted by Crippen LogP contribution is 2.37. The van der Waals surface area contributed by atoms with Gasteiger partial charge in [-0.2, -0.15) is 0 Å². The molecule has 1 aromatic rings. The second-order valence-corrected chi connectivity index (χ2v) is 7.31. The fourth-order valence-electron chi connectivity index (χ4n) is 3.44. The smallest absolute Gasteiger partial charge is 0.185 e. The van der Waals surface area contributed by atoms with Crippen LogP contribution in [0, 0.1) is 0 Å². The molecule has 118 valence electrons. The summed E-state index contributed by atoms with van der Waals surface area (Å²) >= 11 is 1.89. The van der Waals surface area contributed by atoms with Crippen LogP contribution in [-0.4, -0.2) is 37.3 Å². The molecular weight excluding hydrogens is 282 g/mol. The van der Waals surface area contributed by atoms with Gasteiger partial charge in [0.05, 0.1) is 23.9 Å². The number of nitrogens with zero attached hydrogens (tertiary/aromatic N) is 2. The summed E-state index contributed by atoms with van der Waals surface area (Å²) in [4.78, 5) is 8.82. The molecule has 0 amide bonds. The van der Waals surface area contributed by atoms with E-state index in [1.54, 1.807) is 0 Å². The number of hydrogen-bond donors (Lipinski definition) is 1. The van der Waals surface area contributed by atoms with Crippen molar-refractivity contribution < 1.29 is 4.74 Å². The van der Waals surface area contributed by atoms with Gasteiger partial charge in [0.2, 0.25) is 0 Å². The molecule has 1 aromatic heterocycles. The number of rotatable bonds is 5. The zero-order valence-electron chi connectivity index (χ0n) is 13.4. The Kier molecular flexibility index (Phi) is 4.82. The molecule has 3 rings (SSSR count). The summed E-state index contributed by atoms with van der Waals surface area (Å²) in [6.07, 6.45) is 6.30. The van der Waals surface area contributed by atoms with Crippen molar-refractivity contribution in [2.75, 3.05) is 25.1 Å². The molecule has 2 aliphatic rings. The molecule has 5 heteroatoms. The predicted molar refractivity (Wildman–Crippen MR) is 88.3 cm³/mol. The van der Waals surface area contributed by atoms with E-state index in [1.165, 1.54) is 41.4 Å². The van der Waals surface area contributed by atoms with Crippen LogP contribution in [0.1, 0.15) is 56.1 Å². The van der Waals surface area contributed by atoms with E-state index in [1.807, 2.05) is 11.3 Å². The van der Waals surface area contributed by atoms with Gasteiger partial charge in [0, 0.05) is 18.5 Å². The SMILES string of the molecule is CCCNC1CCCc2sc(N(C)C3CCOC3C)nc21. The highest BCUT2D eigenvalue weighted by molar-refractivity contribution is 7.15. The number of nitrogens with one attached hydrogen (secondary N) is 1. The molecule has 0 radical (unpaired) electrons. The minimum atomic E-state index is 0.310. The van der Waals surface area contributed by atoms with E-state index in [0.29, 0.717) is 18.2 Å². The highest BCUT2D eigenvalue weighted by atomic mass is 32.1. The first-order valence-electron chi connectivity index (χ1n) is 8.28. The van der Waals surface area contributed by atoms with Crippen LogP contribution >= 0.6 is 11.3 Å². The summed E-state index contributed by atoms with van der Waals surface area (Å²) < 4.78 is 5.71. The Bertz CT molecular complexity index is 476. The number of aryl methyl sites for hydroxylation is 1. The van der Waals surface area contributed by atoms with Crippen LogP contribution in [0.3, 0.4) is 0 Å². The van der Waals surface area contributed by atoms with Gasteiger partial charge < -0.3 is 15.0 Å². The van der Waals surface area contributed by atoms with Gasteiger partial charge in [-0.3, -0.25) is 0 Å². The van der Waals surface area contributed by atoms with E-state index in [2.05, 4.69) is 31.1 Å². The topological polar surface area (TPSA) is 37.4 Å². The zero-order valence-corrected chi connectivity index (χ0v) is 14.2. The van der Waals surface area contributed by atoms with Gasteiger partial charge in [-0.15, -0.1) is 11.3 Å². The molecule has 3 unspecified atom stereocenters. The third-order valence-electron chi connectivity index (χ3n) is 4.72. The van der Waals surface area contributed by atoms with Crippen LogP contribution in [0.4, 0.5) is 5.13 Å². The zero-order chi connectivity index (χ0) is 14.8. The first-order valence-corrected chi connectivity index (χ1v) is 9.09. The Balaban J connectivity index is 1.77. The molecule has 0 bridgehead atoms. The van der Waals surface area contributed by atoms with Crippen molar-refractivity contribution in [2.24, 2.45) is 0 Å². The summed E-state index contributed by atoms with van der Waals surface area (Å²) in [7, 11) is 2.18. The maximum atomic E-state index is 5.71. The minimum Gasteiger partial charge on any atom is -0.376 e. The number of hydrogen-bond acceptors (Lipinski definition) is 5. The lowest BCUT2D eigenvalue weighted by molar-refractivity contribution is 0.118. The lowest BCUT2D eigenvalue weighted by atomic mass is 9.97. The average Bonchev–Trinajstić information content (AvgIpc) is 3.10. The fraction of sp³-hybridized carbons (Fsp3) is 0.812. The maximum Gasteiger partial charge on any atom is 0.185 e. The van der Waals surface area contributed by atoms with Gasteiger partial charge >= 0.3 is 0 Å². The Morgan fingerprint density at radius 3 is 3.00 bits per heavy atom. The molecule has 1 aliphatic heterocycles. The van der Waals surface area contributed by atoms with Crippen molar-refractivity contribution in [3.63, 3.8) is 0 Å². The first-order chi connectivity index (χ1) is 10.2. The molecular formula is C16H27N3OS. The van der Waals surface area contributed by atoms with Gasteiger partial charge in [0.1, 0.15) is 0 Å². The molecule has 3 atom stereocenters. The molecule has 0 spiro atoms. The van der Waals surface area contributed by atoms with Crippen molar-refractivity contribution in [1.82, 2.24) is 10.3 Å². The molecule has 21 heavy (non-hydrogen) atoms. The molecule has 4 nitrogen and oxygen atoms in total. The van der Waals surface area contributed by atoms with Crippen LogP contribution in [0.5, 0.6) is 0 Å². The molecule has 1 saturated heterocycles. The largest absolute Gasteiger partial charge is 0.376 e. The van der Waals surface area contributed by atoms with Gasteiger partial charge in [-0.25, -0.2) is 4.98 Å². The van der Waals surface area contributed by atoms with E-state index < -0.39 is 0 Å². The normalized spacial score (nSPS) is 28.6. The number of aromatic nitrogens is 1. The molecule has 0 saturated carbocycles. The molecule has 0 aromatic carbocycles. The van der Waals surface area contributed by atoms with Crippen LogP contribution in [0.2, 0.25) is 0 Å². The van der Waals surface area contributed by atoms with E-state index in [9.17, 15) is 0 Å². The van der Waals surface area contributed by atoms with E-state index in [-0.39, 0.29) is 0 Å². The molecule has 1 N–H and O–H groups in total. The summed E-state index contributed by atoms with van der Waals surface area (Å²) in [6, 6.07) is 0.934. The summed E-state index contributed by atoms with van der Waals surface area (Å²) in [5, 5.41) is 4.83. The number of thiazole rings is 1. The van der Waals surface area contributed by atoms with Gasteiger partial charge in [-0.05, 0) is 45.6 Å². The second-order valence-electron chi connectivity index (χ2n) is 6.25. The van der Waals surface area contributed by atoms with Gasteiger partial charge in [-0.1, -0.05) is 6.92 Å². The molecule has 1 aliphatic carbocycles. The van der Waals surface area contributed by atoms with Gasteiger partial charge in [0.15, 0.2) is 5.13 Å². The molecule has 1 fully saturated rings. The van der Waals surface area contributed by atoms with Crippen molar-refractivity contribution >= 4 is 16.5 Å². The van der Waals surface area contributed by atoms with Crippen molar-refractivity contribution in [1.29, 1.82) is 0 Å². The lowest BCUT2D eigenvalue weighted by Crippen LogP contribution is -2.36. The lowest BCUT2D eigenvalue weighted by Gasteiger charge is -2.26. The predicted octanol–water partition coefficient (Wildman–Crippen LogP) is 3.13. The second kappa shape index (κ2) is 6.63. The fourth-order valence-corrected chi connectivity index (χ4v) is 4.63. The van der Waals surface area contributed by atoms with Crippen molar-refractivity contribution in [3.05, 3.63) is 10.6 Å². The highest BCUT2D eigenvalue weighted by Gasteiger charge is 2.31. The third-order valence-corrected chi connectivity index (χ3v) is 5.94. The van der Waals surface area contributed by atoms with E-state index in [4.69, 9.17) is 9.72 Å². The van der Waals surface area contributed by atoms with E-state index in [0.717, 1.165) is 19.6 Å². The summed E-state index contributed by atoms with van der Waals surface area (Å²) in [6.45, 7) is 6.36. The van der Waals surface area contributed by atoms with Crippen molar-refractivity contribution in [3.8, 4) is 0 Å². The van der Waals surface area contributed by atoms with E-state index >= 15 is 0 Å². The van der Waals surface area contributed by atoms with Crippen LogP contribution < -0.4 is 10.2 Å². The van der Waals surface area contributed by atoms with Crippen molar-refractivity contribution in [2.45, 2.75) is 64.1 Å². The minimum absolute atomic E-state index is 0.310. The first kappa shape index (κ1) is 15.3. The number of likely N-dealkylation sites (N-methyl/N-ethyl adjacent to an activating group) is 1. The monoisotopic (exact) mass is 309 g/mol. The number of ether oxygens (including phenoxy) is 1. The van der Waals surface area contributed by atoms with Crippen LogP contribution in [-0.2, 0) is 11.2 Å². The quantitative estimate of drug-likeness (QED) is 0.907.